The zero-order valence-corrected chi connectivity index (χ0v) is 12.3. The molecule has 0 spiro atoms. The first-order valence-electron chi connectivity index (χ1n) is 7.85. The average Bonchev–Trinajstić information content (AvgIpc) is 2.48. The van der Waals surface area contributed by atoms with Gasteiger partial charge in [-0.25, -0.2) is 0 Å². The van der Waals surface area contributed by atoms with Crippen LogP contribution in [-0.2, 0) is 0 Å². The van der Waals surface area contributed by atoms with Crippen LogP contribution < -0.4 is 10.1 Å². The Bertz CT molecular complexity index is 460. The Morgan fingerprint density at radius 3 is 2.90 bits per heavy atom. The lowest BCUT2D eigenvalue weighted by atomic mass is 9.65. The second-order valence-corrected chi connectivity index (χ2v) is 6.29. The van der Waals surface area contributed by atoms with Crippen molar-refractivity contribution in [2.75, 3.05) is 12.4 Å². The van der Waals surface area contributed by atoms with Gasteiger partial charge in [0.05, 0.1) is 18.8 Å². The van der Waals surface area contributed by atoms with E-state index in [0.717, 1.165) is 30.7 Å². The van der Waals surface area contributed by atoms with Crippen LogP contribution in [0.5, 0.6) is 5.75 Å². The fraction of sp³-hybridized carbons (Fsp3) is 0.647. The van der Waals surface area contributed by atoms with Gasteiger partial charge >= 0.3 is 0 Å². The molecule has 0 aliphatic heterocycles. The Hall–Kier alpha value is -1.22. The second-order valence-electron chi connectivity index (χ2n) is 6.29. The Balaban J connectivity index is 1.77. The minimum atomic E-state index is -0.514. The van der Waals surface area contributed by atoms with E-state index < -0.39 is 5.60 Å². The Morgan fingerprint density at radius 2 is 2.05 bits per heavy atom. The van der Waals surface area contributed by atoms with Crippen molar-refractivity contribution in [2.45, 2.75) is 56.6 Å². The molecule has 0 bridgehead atoms. The van der Waals surface area contributed by atoms with Gasteiger partial charge in [-0.2, -0.15) is 0 Å². The van der Waals surface area contributed by atoms with Crippen molar-refractivity contribution in [3.8, 4) is 5.75 Å². The van der Waals surface area contributed by atoms with Crippen LogP contribution in [0.25, 0.3) is 0 Å². The molecule has 2 saturated carbocycles. The van der Waals surface area contributed by atoms with Gasteiger partial charge in [0.2, 0.25) is 0 Å². The highest BCUT2D eigenvalue weighted by Gasteiger charge is 2.47. The highest BCUT2D eigenvalue weighted by atomic mass is 16.5. The number of hydrogen-bond acceptors (Lipinski definition) is 3. The van der Waals surface area contributed by atoms with E-state index in [-0.39, 0.29) is 6.04 Å². The van der Waals surface area contributed by atoms with Crippen molar-refractivity contribution < 1.29 is 9.84 Å². The van der Waals surface area contributed by atoms with Crippen molar-refractivity contribution in [3.05, 3.63) is 24.3 Å². The third-order valence-electron chi connectivity index (χ3n) is 5.15. The lowest BCUT2D eigenvalue weighted by molar-refractivity contribution is -0.0835. The normalized spacial score (nSPS) is 33.3. The van der Waals surface area contributed by atoms with E-state index in [4.69, 9.17) is 4.74 Å². The number of ether oxygens (including phenoxy) is 1. The van der Waals surface area contributed by atoms with Crippen molar-refractivity contribution in [1.82, 2.24) is 0 Å². The summed E-state index contributed by atoms with van der Waals surface area (Å²) in [7, 11) is 1.68. The summed E-state index contributed by atoms with van der Waals surface area (Å²) in [5.41, 5.74) is 0.536. The number of benzene rings is 1. The fourth-order valence-corrected chi connectivity index (χ4v) is 4.04. The van der Waals surface area contributed by atoms with Crippen molar-refractivity contribution >= 4 is 5.69 Å². The molecule has 20 heavy (non-hydrogen) atoms. The van der Waals surface area contributed by atoms with E-state index >= 15 is 0 Å². The minimum Gasteiger partial charge on any atom is -0.497 e. The molecule has 3 nitrogen and oxygen atoms in total. The van der Waals surface area contributed by atoms with Crippen LogP contribution in [0.1, 0.15) is 44.9 Å². The van der Waals surface area contributed by atoms with Crippen LogP contribution in [0, 0.1) is 5.92 Å². The third kappa shape index (κ3) is 2.51. The van der Waals surface area contributed by atoms with E-state index in [9.17, 15) is 5.11 Å². The zero-order valence-electron chi connectivity index (χ0n) is 12.3. The Kier molecular flexibility index (Phi) is 3.88. The number of anilines is 1. The lowest BCUT2D eigenvalue weighted by Crippen LogP contribution is -2.56. The maximum absolute atomic E-state index is 11.1. The van der Waals surface area contributed by atoms with Gasteiger partial charge in [-0.05, 0) is 43.7 Å². The molecule has 1 aromatic rings. The lowest BCUT2D eigenvalue weighted by Gasteiger charge is -2.49. The van der Waals surface area contributed by atoms with E-state index in [2.05, 4.69) is 11.4 Å². The average molecular weight is 275 g/mol. The molecule has 2 aliphatic rings. The third-order valence-corrected chi connectivity index (χ3v) is 5.15. The molecular formula is C17H25NO2. The largest absolute Gasteiger partial charge is 0.497 e. The Morgan fingerprint density at radius 1 is 1.20 bits per heavy atom. The first kappa shape index (κ1) is 13.7. The summed E-state index contributed by atoms with van der Waals surface area (Å²) in [5.74, 6) is 1.34. The second kappa shape index (κ2) is 5.65. The van der Waals surface area contributed by atoms with Gasteiger partial charge in [-0.3, -0.25) is 0 Å². The van der Waals surface area contributed by atoms with Crippen LogP contribution in [-0.4, -0.2) is 23.9 Å². The highest BCUT2D eigenvalue weighted by molar-refractivity contribution is 5.49. The molecule has 0 aromatic heterocycles. The summed E-state index contributed by atoms with van der Waals surface area (Å²) in [6.07, 6.45) is 8.03. The Labute approximate surface area is 121 Å². The van der Waals surface area contributed by atoms with E-state index in [0.29, 0.717) is 5.92 Å². The summed E-state index contributed by atoms with van der Waals surface area (Å²) in [6, 6.07) is 8.18. The van der Waals surface area contributed by atoms with Crippen LogP contribution in [0.2, 0.25) is 0 Å². The molecule has 0 amide bonds. The SMILES string of the molecule is COc1cccc(N[C@@H]2CCC[C@H]3CCCC[C@]32O)c1. The van der Waals surface area contributed by atoms with Crippen molar-refractivity contribution in [3.63, 3.8) is 0 Å². The zero-order chi connectivity index (χ0) is 14.0. The minimum absolute atomic E-state index is 0.175. The summed E-state index contributed by atoms with van der Waals surface area (Å²) < 4.78 is 5.27. The van der Waals surface area contributed by atoms with Crippen LogP contribution in [0.15, 0.2) is 24.3 Å². The van der Waals surface area contributed by atoms with E-state index in [1.807, 2.05) is 18.2 Å². The maximum atomic E-state index is 11.1. The summed E-state index contributed by atoms with van der Waals surface area (Å²) in [5, 5.41) is 14.7. The highest BCUT2D eigenvalue weighted by Crippen LogP contribution is 2.44. The molecule has 0 saturated heterocycles. The van der Waals surface area contributed by atoms with Gasteiger partial charge in [0.1, 0.15) is 5.75 Å². The van der Waals surface area contributed by atoms with Gasteiger partial charge in [0.15, 0.2) is 0 Å². The van der Waals surface area contributed by atoms with Gasteiger partial charge in [0, 0.05) is 11.8 Å². The summed E-state index contributed by atoms with van der Waals surface area (Å²) in [4.78, 5) is 0. The molecule has 3 atom stereocenters. The molecule has 2 aliphatic carbocycles. The molecule has 3 heteroatoms. The van der Waals surface area contributed by atoms with Crippen molar-refractivity contribution in [1.29, 1.82) is 0 Å². The molecule has 0 unspecified atom stereocenters. The van der Waals surface area contributed by atoms with Crippen LogP contribution in [0.4, 0.5) is 5.69 Å². The van der Waals surface area contributed by atoms with Gasteiger partial charge in [-0.1, -0.05) is 25.3 Å². The number of methoxy groups -OCH3 is 1. The van der Waals surface area contributed by atoms with Crippen LogP contribution >= 0.6 is 0 Å². The van der Waals surface area contributed by atoms with Crippen LogP contribution in [0.3, 0.4) is 0 Å². The number of nitrogens with one attached hydrogen (secondary N) is 1. The molecule has 2 fully saturated rings. The molecular weight excluding hydrogens is 250 g/mol. The number of fused-ring (bicyclic) bond motifs is 1. The predicted molar refractivity (Wildman–Crippen MR) is 81.2 cm³/mol. The van der Waals surface area contributed by atoms with E-state index in [1.165, 1.54) is 25.7 Å². The number of hydrogen-bond donors (Lipinski definition) is 2. The molecule has 1 aromatic carbocycles. The maximum Gasteiger partial charge on any atom is 0.120 e. The molecule has 0 heterocycles. The predicted octanol–water partition coefficient (Wildman–Crippen LogP) is 3.58. The van der Waals surface area contributed by atoms with Crippen molar-refractivity contribution in [2.24, 2.45) is 5.92 Å². The van der Waals surface area contributed by atoms with E-state index in [1.54, 1.807) is 7.11 Å². The fourth-order valence-electron chi connectivity index (χ4n) is 4.04. The standard InChI is InChI=1S/C17H25NO2/c1-20-15-9-5-8-14(12-15)18-16-10-4-7-13-6-2-3-11-17(13,16)19/h5,8-9,12-13,16,18-19H,2-4,6-7,10-11H2,1H3/t13-,16-,17+/m1/s1. The first-order chi connectivity index (χ1) is 9.72. The first-order valence-corrected chi connectivity index (χ1v) is 7.85. The van der Waals surface area contributed by atoms with Gasteiger partial charge in [0.25, 0.3) is 0 Å². The van der Waals surface area contributed by atoms with Gasteiger partial charge < -0.3 is 15.2 Å². The topological polar surface area (TPSA) is 41.5 Å². The molecule has 0 radical (unpaired) electrons. The number of rotatable bonds is 3. The summed E-state index contributed by atoms with van der Waals surface area (Å²) >= 11 is 0. The monoisotopic (exact) mass is 275 g/mol. The van der Waals surface area contributed by atoms with Gasteiger partial charge in [-0.15, -0.1) is 0 Å². The molecule has 110 valence electrons. The number of aliphatic hydroxyl groups is 1. The molecule has 2 N–H and O–H groups in total. The smallest absolute Gasteiger partial charge is 0.120 e. The summed E-state index contributed by atoms with van der Waals surface area (Å²) in [6.45, 7) is 0. The molecule has 3 rings (SSSR count). The quantitative estimate of drug-likeness (QED) is 0.886.